The third-order valence-electron chi connectivity index (χ3n) is 25.7. The van der Waals surface area contributed by atoms with Gasteiger partial charge in [-0.15, -0.1) is 0 Å². The van der Waals surface area contributed by atoms with Crippen LogP contribution in [0.5, 0.6) is 0 Å². The van der Waals surface area contributed by atoms with E-state index >= 15 is 0 Å². The molecule has 27 rings (SSSR count). The maximum absolute atomic E-state index is 9.16. The summed E-state index contributed by atoms with van der Waals surface area (Å²) in [7, 11) is 6.25. The monoisotopic (exact) mass is 1810 g/mol. The summed E-state index contributed by atoms with van der Waals surface area (Å²) < 4.78 is 274. The van der Waals surface area contributed by atoms with Crippen LogP contribution in [0.15, 0.2) is 486 Å². The molecule has 0 radical (unpaired) electrons. The molecule has 0 fully saturated rings. The second-order valence-corrected chi connectivity index (χ2v) is 32.9. The first-order chi connectivity index (χ1) is 86.9. The Kier molecular flexibility index (Phi) is 16.5. The van der Waals surface area contributed by atoms with Gasteiger partial charge in [0.2, 0.25) is 0 Å². The molecule has 0 amide bonds. The number of hydrogen-bond donors (Lipinski definition) is 0. The Balaban J connectivity index is 0.000000315. The number of benzene rings is 24. The summed E-state index contributed by atoms with van der Waals surface area (Å²) >= 11 is 0. The number of hydrogen-bond acceptors (Lipinski definition) is 3. The third-order valence-corrected chi connectivity index (χ3v) is 25.7. The zero-order valence-corrected chi connectivity index (χ0v) is 76.3. The molecule has 0 spiro atoms. The molecule has 0 aliphatic heterocycles. The molecule has 27 aromatic rings. The van der Waals surface area contributed by atoms with Gasteiger partial charge in [0.25, 0.3) is 0 Å². The van der Waals surface area contributed by atoms with Crippen molar-refractivity contribution in [3.63, 3.8) is 0 Å². The molecule has 0 unspecified atom stereocenters. The van der Waals surface area contributed by atoms with Gasteiger partial charge in [-0.3, -0.25) is 0 Å². The van der Waals surface area contributed by atoms with E-state index in [2.05, 4.69) is 176 Å². The van der Waals surface area contributed by atoms with Gasteiger partial charge in [0.1, 0.15) is 33.5 Å². The minimum atomic E-state index is -0.240. The number of furan rings is 3. The minimum absolute atomic E-state index is 0.0378. The molecular formula is C133H128O3. The lowest BCUT2D eigenvalue weighted by Crippen LogP contribution is -1.90. The molecule has 3 heteroatoms. The minimum Gasteiger partial charge on any atom is -0.456 e. The Morgan fingerprint density at radius 1 is 0.169 bits per heavy atom. The lowest BCUT2D eigenvalue weighted by Gasteiger charge is -2.17. The molecule has 678 valence electrons. The van der Waals surface area contributed by atoms with Gasteiger partial charge in [0.05, 0.1) is 16.4 Å². The van der Waals surface area contributed by atoms with Crippen molar-refractivity contribution in [2.75, 3.05) is 0 Å². The molecule has 0 saturated carbocycles. The van der Waals surface area contributed by atoms with Crippen molar-refractivity contribution in [1.29, 1.82) is 0 Å². The van der Waals surface area contributed by atoms with Crippen LogP contribution in [0.2, 0.25) is 0 Å². The Hall–Kier alpha value is -17.0. The fourth-order valence-electron chi connectivity index (χ4n) is 19.8. The summed E-state index contributed by atoms with van der Waals surface area (Å²) in [5, 5.41) is 21.8. The van der Waals surface area contributed by atoms with Crippen molar-refractivity contribution < 1.29 is 72.2 Å². The molecule has 0 aliphatic rings. The summed E-state index contributed by atoms with van der Waals surface area (Å²) in [6, 6.07) is 134. The zero-order valence-electron chi connectivity index (χ0n) is 117. The molecule has 0 aliphatic carbocycles. The summed E-state index contributed by atoms with van der Waals surface area (Å²) in [5.74, 6) is 0. The van der Waals surface area contributed by atoms with Crippen molar-refractivity contribution in [3.8, 4) is 100 Å². The van der Waals surface area contributed by atoms with Crippen LogP contribution < -0.4 is 0 Å². The van der Waals surface area contributed by atoms with Crippen LogP contribution >= 0.6 is 0 Å². The van der Waals surface area contributed by atoms with Crippen molar-refractivity contribution in [2.24, 2.45) is 0 Å². The van der Waals surface area contributed by atoms with Crippen LogP contribution in [-0.4, -0.2) is 0 Å². The van der Waals surface area contributed by atoms with Gasteiger partial charge in [0, 0.05) is 74.8 Å². The quantitative estimate of drug-likeness (QED) is 0.107. The molecule has 3 aromatic heterocycles. The van der Waals surface area contributed by atoms with Crippen LogP contribution in [0, 0.1) is 0 Å². The molecule has 0 N–H and O–H groups in total. The molecule has 0 saturated heterocycles. The summed E-state index contributed by atoms with van der Waals surface area (Å²) in [4.78, 5) is 0. The van der Waals surface area contributed by atoms with Crippen LogP contribution in [0.3, 0.4) is 0 Å². The Bertz CT molecular complexity index is 9910. The van der Waals surface area contributed by atoms with Gasteiger partial charge in [-0.1, -0.05) is 445 Å². The predicted octanol–water partition coefficient (Wildman–Crippen LogP) is 43.3. The molecule has 24 aromatic carbocycles. The van der Waals surface area contributed by atoms with E-state index in [0.717, 1.165) is 187 Å². The highest BCUT2D eigenvalue weighted by atomic mass is 16.3. The average molecular weight is 1820 g/mol. The highest BCUT2D eigenvalue weighted by molar-refractivity contribution is 6.26. The first-order valence-corrected chi connectivity index (χ1v) is 44.3. The summed E-state index contributed by atoms with van der Waals surface area (Å²) in [5.41, 5.74) is 21.4. The maximum atomic E-state index is 9.16. The lowest BCUT2D eigenvalue weighted by molar-refractivity contribution is 0.668. The molecule has 3 heterocycles. The van der Waals surface area contributed by atoms with E-state index in [1.807, 2.05) is 190 Å². The van der Waals surface area contributed by atoms with Crippen molar-refractivity contribution in [3.05, 3.63) is 473 Å². The van der Waals surface area contributed by atoms with E-state index in [1.54, 1.807) is 48.5 Å². The van der Waals surface area contributed by atoms with Crippen LogP contribution in [0.25, 0.3) is 263 Å². The molecule has 0 bridgehead atoms. The molecular weight excluding hydrogens is 1650 g/mol. The van der Waals surface area contributed by atoms with Gasteiger partial charge in [-0.25, -0.2) is 0 Å². The molecule has 136 heavy (non-hydrogen) atoms. The fourth-order valence-corrected chi connectivity index (χ4v) is 19.8. The topological polar surface area (TPSA) is 39.4 Å². The maximum Gasteiger partial charge on any atom is 0.136 e. The SMILES string of the molecule is CC.[2H]C.[2H]C.[2H]C.[2H]C.[2H]C.[2H][2H].[2H][2H].[2H][2H].[2H][2H].[2H][2H].[2H][2H].[2H][2H].[2H][2H].[2H][2H].[2H][2H].[2H][2H].[2H][2H].[2H]c1c([2H])c([2H])c2c(-c3ccc4oc5ccc(-c6ccccc6)cc5c4c3)c3ccccc3c(-c3ccccc3)c2c1[2H].[2H]c1cc2c(-c3ccccc3)c3cc([2H])c([2H])cc3c(-c3ccc4oc5cc(-c6cccc7ccccc67)ccc5c4c3)c2cc1[2H].[2H]c1ccc([2H])c2c(-c3ccc4oc5cc(-c6ccc7c(ccc8ccccc87)c6)ccc5c4c3)c3c([2H])ccc([2H])c3c(-c3ccccc3)c12. The Morgan fingerprint density at radius 3 is 0.919 bits per heavy atom. The standard InChI is InChI=1S/C46H28O.C42H26O.C38H24O.C2H6.5CH4.12H2/c1-2-11-30(12-3-1)45-38-14-6-8-16-40(38)46(41-17-9-7-15-39(41)45)34-22-25-43-42(27-34)37-24-21-32(28-44(37)47-43)31-20-23-36-33(26-31)19-18-29-10-4-5-13-35(29)36;1-2-12-28(13-3-1)41-34-16-6-8-18-36(34)42(37-19-9-7-17-35(37)41)30-22-24-39-38(25-30)33-23-21-29(26-40(33)43-39)32-20-10-14-27-11-4-5-15-31(27)32;1-3-11-25(12-4-1)27-19-21-35-33(23-27)34-24-28(20-22-36(34)39-35)38-31-17-9-7-15-29(31)37(26-13-5-2-6-14-26)30-16-8-10-18-32(30)38;1-2;;;;;;;;;;;;;;;;;/h1-28H;1-26H;1-24H;1-2H3;5*1H4;12*1H/i14D,15D,16D,17D;6D,7D,8D,9D;7D,9D,15D,17D;;5*1D;12*1+1D. The van der Waals surface area contributed by atoms with Gasteiger partial charge in [0.15, 0.2) is 0 Å². The largest absolute Gasteiger partial charge is 0.456 e. The van der Waals surface area contributed by atoms with E-state index < -0.39 is 0 Å². The number of rotatable bonds is 9. The number of fused-ring (bicyclic) bond motifs is 19. The predicted molar refractivity (Wildman–Crippen MR) is 618 cm³/mol. The Morgan fingerprint density at radius 2 is 0.449 bits per heavy atom. The summed E-state index contributed by atoms with van der Waals surface area (Å²) in [6.45, 7) is 4.00. The van der Waals surface area contributed by atoms with Gasteiger partial charge in [-0.05, 0) is 276 Å². The van der Waals surface area contributed by atoms with Gasteiger partial charge >= 0.3 is 0 Å². The smallest absolute Gasteiger partial charge is 0.136 e. The zero-order chi connectivity index (χ0) is 131. The van der Waals surface area contributed by atoms with Crippen molar-refractivity contribution in [1.82, 2.24) is 0 Å². The first kappa shape index (κ1) is 60.1. The second-order valence-electron chi connectivity index (χ2n) is 32.9. The highest BCUT2D eigenvalue weighted by Gasteiger charge is 2.24. The molecule has 3 nitrogen and oxygen atoms in total. The third kappa shape index (κ3) is 15.3. The van der Waals surface area contributed by atoms with E-state index in [4.69, 9.17) is 72.2 Å². The van der Waals surface area contributed by atoms with E-state index in [0.29, 0.717) is 43.4 Å². The van der Waals surface area contributed by atoms with Crippen LogP contribution in [-0.2, 0) is 0 Å². The second kappa shape index (κ2) is 37.3. The van der Waals surface area contributed by atoms with Gasteiger partial charge in [-0.2, -0.15) is 0 Å². The van der Waals surface area contributed by atoms with E-state index in [1.165, 1.54) is 69.3 Å². The highest BCUT2D eigenvalue weighted by Crippen LogP contribution is 2.51. The molecule has 0 atom stereocenters. The summed E-state index contributed by atoms with van der Waals surface area (Å²) in [6.07, 6.45) is 0. The van der Waals surface area contributed by atoms with Gasteiger partial charge < -0.3 is 13.3 Å². The van der Waals surface area contributed by atoms with E-state index in [9.17, 15) is 0 Å². The van der Waals surface area contributed by atoms with Crippen LogP contribution in [0.1, 0.15) is 110 Å². The van der Waals surface area contributed by atoms with E-state index in [-0.39, 0.29) is 72.5 Å². The van der Waals surface area contributed by atoms with Crippen molar-refractivity contribution in [2.45, 2.75) is 50.9 Å². The average Bonchev–Trinajstić information content (AvgIpc) is 1.47. The van der Waals surface area contributed by atoms with Crippen molar-refractivity contribution >= 4 is 163 Å². The Labute approximate surface area is 855 Å². The lowest BCUT2D eigenvalue weighted by atomic mass is 9.86. The first-order valence-electron chi connectivity index (χ1n) is 67.3. The normalized spacial score (nSPS) is 13.4. The van der Waals surface area contributed by atoms with Crippen LogP contribution in [0.4, 0.5) is 0 Å². The fraction of sp³-hybridized carbons (Fsp3) is 0.0526.